The monoisotopic (exact) mass is 422 g/mol. The zero-order valence-corrected chi connectivity index (χ0v) is 18.8. The molecule has 1 saturated heterocycles. The van der Waals surface area contributed by atoms with Crippen molar-refractivity contribution in [1.29, 1.82) is 0 Å². The lowest BCUT2D eigenvalue weighted by Crippen LogP contribution is -2.31. The van der Waals surface area contributed by atoms with E-state index in [0.717, 1.165) is 56.0 Å². The lowest BCUT2D eigenvalue weighted by molar-refractivity contribution is 0.308. The second-order valence-corrected chi connectivity index (χ2v) is 9.39. The van der Waals surface area contributed by atoms with Crippen molar-refractivity contribution in [3.8, 4) is 0 Å². The standard InChI is InChI=1S/C24H34N6O/c1-3-28-16-20(18(2)26-28)15-27-13-11-21(17-27)30-23-22(10-7-12-25-23)29(24(30)31)14-19-8-5-4-6-9-19/h7,10,12,16,19,21H,3-6,8-9,11,13-15,17H2,1-2H3/t21-/m1/s1. The fraction of sp³-hybridized carbons (Fsp3) is 0.625. The lowest BCUT2D eigenvalue weighted by atomic mass is 9.89. The SMILES string of the molecule is CCn1cc(CN2CC[C@@H](n3c(=O)n(CC4CCCCC4)c4cccnc43)C2)c(C)n1. The van der Waals surface area contributed by atoms with E-state index in [1.807, 2.05) is 26.1 Å². The van der Waals surface area contributed by atoms with Crippen LogP contribution in [0.1, 0.15) is 62.7 Å². The Hall–Kier alpha value is -2.41. The topological polar surface area (TPSA) is 60.9 Å². The molecule has 1 aliphatic heterocycles. The largest absolute Gasteiger partial charge is 0.330 e. The number of likely N-dealkylation sites (tertiary alicyclic amines) is 1. The molecule has 31 heavy (non-hydrogen) atoms. The summed E-state index contributed by atoms with van der Waals surface area (Å²) in [6.07, 6.45) is 11.4. The van der Waals surface area contributed by atoms with Crippen molar-refractivity contribution in [3.63, 3.8) is 0 Å². The Morgan fingerprint density at radius 2 is 2.00 bits per heavy atom. The molecule has 0 unspecified atom stereocenters. The number of hydrogen-bond donors (Lipinski definition) is 0. The van der Waals surface area contributed by atoms with E-state index < -0.39 is 0 Å². The van der Waals surface area contributed by atoms with E-state index in [2.05, 4.69) is 41.1 Å². The van der Waals surface area contributed by atoms with Gasteiger partial charge in [-0.25, -0.2) is 9.78 Å². The van der Waals surface area contributed by atoms with Crippen LogP contribution >= 0.6 is 0 Å². The van der Waals surface area contributed by atoms with Crippen LogP contribution < -0.4 is 5.69 Å². The molecular formula is C24H34N6O. The Morgan fingerprint density at radius 1 is 1.16 bits per heavy atom. The quantitative estimate of drug-likeness (QED) is 0.607. The summed E-state index contributed by atoms with van der Waals surface area (Å²) >= 11 is 0. The van der Waals surface area contributed by atoms with E-state index in [4.69, 9.17) is 0 Å². The molecule has 1 atom stereocenters. The Balaban J connectivity index is 1.39. The van der Waals surface area contributed by atoms with Crippen molar-refractivity contribution in [2.45, 2.75) is 78.0 Å². The molecular weight excluding hydrogens is 388 g/mol. The Labute approximate surface area is 183 Å². The third kappa shape index (κ3) is 3.95. The van der Waals surface area contributed by atoms with Gasteiger partial charge in [0.2, 0.25) is 0 Å². The van der Waals surface area contributed by atoms with E-state index in [-0.39, 0.29) is 11.7 Å². The first-order valence-corrected chi connectivity index (χ1v) is 11.9. The molecule has 0 amide bonds. The van der Waals surface area contributed by atoms with E-state index in [0.29, 0.717) is 5.92 Å². The summed E-state index contributed by atoms with van der Waals surface area (Å²) in [6, 6.07) is 4.20. The highest BCUT2D eigenvalue weighted by Gasteiger charge is 2.29. The third-order valence-electron chi connectivity index (χ3n) is 7.27. The number of aromatic nitrogens is 5. The summed E-state index contributed by atoms with van der Waals surface area (Å²) in [5.74, 6) is 0.615. The second-order valence-electron chi connectivity index (χ2n) is 9.39. The summed E-state index contributed by atoms with van der Waals surface area (Å²) in [7, 11) is 0. The van der Waals surface area contributed by atoms with Gasteiger partial charge in [-0.2, -0.15) is 5.10 Å². The first kappa shape index (κ1) is 20.5. The number of imidazole rings is 1. The summed E-state index contributed by atoms with van der Waals surface area (Å²) in [4.78, 5) is 20.7. The average molecular weight is 423 g/mol. The normalized spacial score (nSPS) is 20.8. The number of rotatable bonds is 6. The van der Waals surface area contributed by atoms with Gasteiger partial charge in [-0.3, -0.25) is 18.7 Å². The van der Waals surface area contributed by atoms with Crippen LogP contribution in [0.4, 0.5) is 0 Å². The summed E-state index contributed by atoms with van der Waals surface area (Å²) in [5, 5.41) is 4.58. The van der Waals surface area contributed by atoms with E-state index in [1.165, 1.54) is 37.7 Å². The van der Waals surface area contributed by atoms with Gasteiger partial charge in [0.25, 0.3) is 0 Å². The highest BCUT2D eigenvalue weighted by molar-refractivity contribution is 5.71. The van der Waals surface area contributed by atoms with E-state index in [1.54, 1.807) is 0 Å². The van der Waals surface area contributed by atoms with Crippen LogP contribution in [-0.2, 0) is 19.6 Å². The van der Waals surface area contributed by atoms with Gasteiger partial charge in [-0.15, -0.1) is 0 Å². The maximum atomic E-state index is 13.6. The van der Waals surface area contributed by atoms with Crippen molar-refractivity contribution in [3.05, 3.63) is 46.3 Å². The molecule has 2 fully saturated rings. The molecule has 0 N–H and O–H groups in total. The molecule has 7 heteroatoms. The van der Waals surface area contributed by atoms with Crippen LogP contribution in [-0.4, -0.2) is 41.9 Å². The molecule has 5 rings (SSSR count). The van der Waals surface area contributed by atoms with Crippen LogP contribution in [0, 0.1) is 12.8 Å². The van der Waals surface area contributed by atoms with Crippen molar-refractivity contribution in [2.75, 3.05) is 13.1 Å². The summed E-state index contributed by atoms with van der Waals surface area (Å²) in [5.41, 5.74) is 4.36. The zero-order valence-electron chi connectivity index (χ0n) is 18.8. The Bertz CT molecular complexity index is 1100. The Kier molecular flexibility index (Phi) is 5.69. The molecule has 0 aromatic carbocycles. The highest BCUT2D eigenvalue weighted by atomic mass is 16.1. The lowest BCUT2D eigenvalue weighted by Gasteiger charge is -2.21. The highest BCUT2D eigenvalue weighted by Crippen LogP contribution is 2.28. The predicted octanol–water partition coefficient (Wildman–Crippen LogP) is 3.75. The van der Waals surface area contributed by atoms with Gasteiger partial charge >= 0.3 is 5.69 Å². The van der Waals surface area contributed by atoms with Gasteiger partial charge < -0.3 is 0 Å². The van der Waals surface area contributed by atoms with Crippen LogP contribution in [0.2, 0.25) is 0 Å². The van der Waals surface area contributed by atoms with Crippen molar-refractivity contribution < 1.29 is 0 Å². The molecule has 1 saturated carbocycles. The van der Waals surface area contributed by atoms with Gasteiger partial charge in [0, 0.05) is 50.7 Å². The second kappa shape index (κ2) is 8.61. The van der Waals surface area contributed by atoms with Crippen LogP contribution in [0.15, 0.2) is 29.3 Å². The summed E-state index contributed by atoms with van der Waals surface area (Å²) < 4.78 is 6.00. The smallest absolute Gasteiger partial charge is 0.297 e. The van der Waals surface area contributed by atoms with Crippen LogP contribution in [0.25, 0.3) is 11.2 Å². The molecule has 0 radical (unpaired) electrons. The number of aryl methyl sites for hydroxylation is 2. The van der Waals surface area contributed by atoms with E-state index in [9.17, 15) is 4.79 Å². The number of nitrogens with zero attached hydrogens (tertiary/aromatic N) is 6. The molecule has 0 spiro atoms. The maximum absolute atomic E-state index is 13.6. The minimum atomic E-state index is 0.126. The zero-order chi connectivity index (χ0) is 21.4. The van der Waals surface area contributed by atoms with Crippen molar-refractivity contribution >= 4 is 11.2 Å². The van der Waals surface area contributed by atoms with Crippen molar-refractivity contribution in [1.82, 2.24) is 28.8 Å². The van der Waals surface area contributed by atoms with Crippen LogP contribution in [0.5, 0.6) is 0 Å². The van der Waals surface area contributed by atoms with Gasteiger partial charge in [0.1, 0.15) is 0 Å². The number of fused-ring (bicyclic) bond motifs is 1. The van der Waals surface area contributed by atoms with Gasteiger partial charge in [-0.1, -0.05) is 19.3 Å². The first-order chi connectivity index (χ1) is 15.1. The number of pyridine rings is 1. The number of hydrogen-bond acceptors (Lipinski definition) is 4. The molecule has 166 valence electrons. The van der Waals surface area contributed by atoms with Gasteiger partial charge in [-0.05, 0) is 51.2 Å². The molecule has 2 aliphatic rings. The summed E-state index contributed by atoms with van der Waals surface area (Å²) in [6.45, 7) is 8.70. The predicted molar refractivity (Wildman–Crippen MR) is 122 cm³/mol. The molecule has 4 heterocycles. The van der Waals surface area contributed by atoms with Crippen molar-refractivity contribution in [2.24, 2.45) is 5.92 Å². The van der Waals surface area contributed by atoms with E-state index >= 15 is 0 Å². The maximum Gasteiger partial charge on any atom is 0.330 e. The third-order valence-corrected chi connectivity index (χ3v) is 7.27. The van der Waals surface area contributed by atoms with Gasteiger partial charge in [0.05, 0.1) is 17.3 Å². The fourth-order valence-corrected chi connectivity index (χ4v) is 5.53. The minimum absolute atomic E-state index is 0.126. The molecule has 3 aromatic rings. The first-order valence-electron chi connectivity index (χ1n) is 11.9. The van der Waals surface area contributed by atoms with Crippen LogP contribution in [0.3, 0.4) is 0 Å². The Morgan fingerprint density at radius 3 is 2.77 bits per heavy atom. The molecule has 1 aliphatic carbocycles. The fourth-order valence-electron chi connectivity index (χ4n) is 5.53. The molecule has 3 aromatic heterocycles. The molecule has 0 bridgehead atoms. The van der Waals surface area contributed by atoms with Gasteiger partial charge in [0.15, 0.2) is 5.65 Å². The minimum Gasteiger partial charge on any atom is -0.297 e. The average Bonchev–Trinajstić information content (AvgIpc) is 3.46. The molecule has 7 nitrogen and oxygen atoms in total.